The third-order valence-electron chi connectivity index (χ3n) is 3.03. The Morgan fingerprint density at radius 1 is 1.17 bits per heavy atom. The van der Waals surface area contributed by atoms with E-state index in [0.29, 0.717) is 11.8 Å². The minimum absolute atomic E-state index is 0.695. The predicted molar refractivity (Wildman–Crippen MR) is 81.5 cm³/mol. The van der Waals surface area contributed by atoms with Crippen LogP contribution in [-0.4, -0.2) is 24.2 Å². The molecule has 0 heterocycles. The van der Waals surface area contributed by atoms with Gasteiger partial charge in [-0.2, -0.15) is 11.8 Å². The van der Waals surface area contributed by atoms with Gasteiger partial charge in [-0.05, 0) is 36.6 Å². The standard InChI is InChI=1S/C15H25NOS/c1-12(2)13(3)18-11-10-17-15-6-4-14(5-7-15)8-9-16/h4-7,12-13H,8-11,16H2,1-3H3. The lowest BCUT2D eigenvalue weighted by molar-refractivity contribution is 0.343. The zero-order chi connectivity index (χ0) is 13.4. The van der Waals surface area contributed by atoms with Crippen molar-refractivity contribution in [2.45, 2.75) is 32.4 Å². The van der Waals surface area contributed by atoms with Gasteiger partial charge in [0, 0.05) is 11.0 Å². The van der Waals surface area contributed by atoms with Gasteiger partial charge in [-0.3, -0.25) is 0 Å². The second-order valence-corrected chi connectivity index (χ2v) is 6.34. The smallest absolute Gasteiger partial charge is 0.119 e. The highest BCUT2D eigenvalue weighted by Crippen LogP contribution is 2.19. The van der Waals surface area contributed by atoms with Crippen molar-refractivity contribution >= 4 is 11.8 Å². The molecular weight excluding hydrogens is 242 g/mol. The van der Waals surface area contributed by atoms with Gasteiger partial charge in [0.15, 0.2) is 0 Å². The zero-order valence-electron chi connectivity index (χ0n) is 11.7. The fraction of sp³-hybridized carbons (Fsp3) is 0.600. The number of thioether (sulfide) groups is 1. The van der Waals surface area contributed by atoms with Gasteiger partial charge >= 0.3 is 0 Å². The molecule has 0 aromatic heterocycles. The highest BCUT2D eigenvalue weighted by molar-refractivity contribution is 7.99. The van der Waals surface area contributed by atoms with Crippen LogP contribution >= 0.6 is 11.8 Å². The fourth-order valence-electron chi connectivity index (χ4n) is 1.50. The molecule has 3 heteroatoms. The Kier molecular flexibility index (Phi) is 7.21. The molecule has 0 saturated heterocycles. The number of rotatable bonds is 8. The third-order valence-corrected chi connectivity index (χ3v) is 4.50. The van der Waals surface area contributed by atoms with Crippen molar-refractivity contribution in [2.75, 3.05) is 18.9 Å². The molecule has 0 saturated carbocycles. The summed E-state index contributed by atoms with van der Waals surface area (Å²) in [4.78, 5) is 0. The first kappa shape index (κ1) is 15.4. The van der Waals surface area contributed by atoms with E-state index < -0.39 is 0 Å². The van der Waals surface area contributed by atoms with Crippen molar-refractivity contribution in [3.63, 3.8) is 0 Å². The molecule has 2 nitrogen and oxygen atoms in total. The van der Waals surface area contributed by atoms with Crippen LogP contribution < -0.4 is 10.5 Å². The van der Waals surface area contributed by atoms with Crippen molar-refractivity contribution in [3.8, 4) is 5.75 Å². The van der Waals surface area contributed by atoms with Gasteiger partial charge < -0.3 is 10.5 Å². The Bertz CT molecular complexity index is 324. The summed E-state index contributed by atoms with van der Waals surface area (Å²) in [5.41, 5.74) is 6.79. The maximum absolute atomic E-state index is 5.72. The van der Waals surface area contributed by atoms with Gasteiger partial charge in [0.2, 0.25) is 0 Å². The van der Waals surface area contributed by atoms with Gasteiger partial charge in [-0.1, -0.05) is 32.9 Å². The van der Waals surface area contributed by atoms with Gasteiger partial charge in [0.1, 0.15) is 5.75 Å². The lowest BCUT2D eigenvalue weighted by Crippen LogP contribution is -2.09. The first-order valence-corrected chi connectivity index (χ1v) is 7.71. The number of ether oxygens (including phenoxy) is 1. The van der Waals surface area contributed by atoms with Gasteiger partial charge in [-0.15, -0.1) is 0 Å². The van der Waals surface area contributed by atoms with Crippen LogP contribution in [0.4, 0.5) is 0 Å². The van der Waals surface area contributed by atoms with E-state index in [1.807, 2.05) is 23.9 Å². The molecule has 1 unspecified atom stereocenters. The molecule has 0 aliphatic heterocycles. The number of benzene rings is 1. The Morgan fingerprint density at radius 3 is 2.39 bits per heavy atom. The molecule has 0 aliphatic rings. The minimum Gasteiger partial charge on any atom is -0.493 e. The third kappa shape index (κ3) is 5.78. The number of hydrogen-bond acceptors (Lipinski definition) is 3. The van der Waals surface area contributed by atoms with Crippen LogP contribution in [0.5, 0.6) is 5.75 Å². The lowest BCUT2D eigenvalue weighted by atomic mass is 10.1. The molecule has 0 bridgehead atoms. The molecule has 1 rings (SSSR count). The number of hydrogen-bond donors (Lipinski definition) is 1. The van der Waals surface area contributed by atoms with Gasteiger partial charge in [0.25, 0.3) is 0 Å². The largest absolute Gasteiger partial charge is 0.493 e. The molecule has 1 atom stereocenters. The van der Waals surface area contributed by atoms with Crippen LogP contribution in [0, 0.1) is 5.92 Å². The summed E-state index contributed by atoms with van der Waals surface area (Å²) in [6, 6.07) is 8.24. The second kappa shape index (κ2) is 8.44. The number of nitrogens with two attached hydrogens (primary N) is 1. The summed E-state index contributed by atoms with van der Waals surface area (Å²) >= 11 is 1.97. The summed E-state index contributed by atoms with van der Waals surface area (Å²) in [6.07, 6.45) is 0.933. The second-order valence-electron chi connectivity index (χ2n) is 4.85. The maximum Gasteiger partial charge on any atom is 0.119 e. The van der Waals surface area contributed by atoms with E-state index >= 15 is 0 Å². The van der Waals surface area contributed by atoms with E-state index in [1.165, 1.54) is 5.56 Å². The lowest BCUT2D eigenvalue weighted by Gasteiger charge is -2.15. The van der Waals surface area contributed by atoms with E-state index in [0.717, 1.165) is 30.4 Å². The zero-order valence-corrected chi connectivity index (χ0v) is 12.5. The van der Waals surface area contributed by atoms with Crippen LogP contribution in [0.1, 0.15) is 26.3 Å². The summed E-state index contributed by atoms with van der Waals surface area (Å²) in [5.74, 6) is 2.73. The average Bonchev–Trinajstić information content (AvgIpc) is 2.36. The summed E-state index contributed by atoms with van der Waals surface area (Å²) in [5, 5.41) is 0.695. The normalized spacial score (nSPS) is 12.7. The minimum atomic E-state index is 0.695. The van der Waals surface area contributed by atoms with Crippen molar-refractivity contribution in [1.29, 1.82) is 0 Å². The Labute approximate surface area is 115 Å². The first-order chi connectivity index (χ1) is 8.63. The topological polar surface area (TPSA) is 35.2 Å². The molecule has 102 valence electrons. The van der Waals surface area contributed by atoms with Gasteiger partial charge in [-0.25, -0.2) is 0 Å². The summed E-state index contributed by atoms with van der Waals surface area (Å²) in [6.45, 7) is 8.27. The van der Waals surface area contributed by atoms with Crippen LogP contribution in [0.25, 0.3) is 0 Å². The average molecular weight is 267 g/mol. The summed E-state index contributed by atoms with van der Waals surface area (Å²) < 4.78 is 5.72. The fourth-order valence-corrected chi connectivity index (χ4v) is 2.44. The Morgan fingerprint density at radius 2 is 1.83 bits per heavy atom. The van der Waals surface area contributed by atoms with Crippen molar-refractivity contribution < 1.29 is 4.74 Å². The molecule has 2 N–H and O–H groups in total. The molecule has 0 amide bonds. The monoisotopic (exact) mass is 267 g/mol. The van der Waals surface area contributed by atoms with Crippen LogP contribution in [0.2, 0.25) is 0 Å². The predicted octanol–water partition coefficient (Wildman–Crippen LogP) is 3.34. The van der Waals surface area contributed by atoms with E-state index in [1.54, 1.807) is 0 Å². The highest BCUT2D eigenvalue weighted by atomic mass is 32.2. The SMILES string of the molecule is CC(C)C(C)SCCOc1ccc(CCN)cc1. The van der Waals surface area contributed by atoms with Gasteiger partial charge in [0.05, 0.1) is 6.61 Å². The molecule has 0 fully saturated rings. The van der Waals surface area contributed by atoms with Crippen LogP contribution in [0.15, 0.2) is 24.3 Å². The molecule has 1 aromatic rings. The van der Waals surface area contributed by atoms with E-state index in [9.17, 15) is 0 Å². The Hall–Kier alpha value is -0.670. The van der Waals surface area contributed by atoms with E-state index in [-0.39, 0.29) is 0 Å². The molecule has 1 aromatic carbocycles. The van der Waals surface area contributed by atoms with Crippen molar-refractivity contribution in [1.82, 2.24) is 0 Å². The highest BCUT2D eigenvalue weighted by Gasteiger charge is 2.06. The molecular formula is C15H25NOS. The molecule has 0 spiro atoms. The van der Waals surface area contributed by atoms with Crippen LogP contribution in [0.3, 0.4) is 0 Å². The Balaban J connectivity index is 2.23. The summed E-state index contributed by atoms with van der Waals surface area (Å²) in [7, 11) is 0. The maximum atomic E-state index is 5.72. The van der Waals surface area contributed by atoms with Crippen LogP contribution in [-0.2, 0) is 6.42 Å². The van der Waals surface area contributed by atoms with E-state index in [2.05, 4.69) is 32.9 Å². The molecule has 0 aliphatic carbocycles. The quantitative estimate of drug-likeness (QED) is 0.734. The molecule has 0 radical (unpaired) electrons. The first-order valence-electron chi connectivity index (χ1n) is 6.67. The van der Waals surface area contributed by atoms with E-state index in [4.69, 9.17) is 10.5 Å². The van der Waals surface area contributed by atoms with Crippen molar-refractivity contribution in [2.24, 2.45) is 11.7 Å². The molecule has 18 heavy (non-hydrogen) atoms. The van der Waals surface area contributed by atoms with Crippen molar-refractivity contribution in [3.05, 3.63) is 29.8 Å².